The second-order valence-electron chi connectivity index (χ2n) is 11.5. The molecule has 0 amide bonds. The lowest BCUT2D eigenvalue weighted by molar-refractivity contribution is -0.208. The number of aliphatic hydroxyl groups excluding tert-OH is 1. The first kappa shape index (κ1) is 20.8. The van der Waals surface area contributed by atoms with E-state index in [0.717, 1.165) is 68.9 Å². The van der Waals surface area contributed by atoms with Gasteiger partial charge in [-0.2, -0.15) is 0 Å². The van der Waals surface area contributed by atoms with E-state index in [1.807, 2.05) is 0 Å². The van der Waals surface area contributed by atoms with Crippen molar-refractivity contribution in [3.05, 3.63) is 23.8 Å². The van der Waals surface area contributed by atoms with E-state index in [4.69, 9.17) is 4.74 Å². The summed E-state index contributed by atoms with van der Waals surface area (Å²) in [5, 5.41) is 22.6. The fourth-order valence-electron chi connectivity index (χ4n) is 8.88. The first-order valence-electron chi connectivity index (χ1n) is 12.1. The van der Waals surface area contributed by atoms with Crippen molar-refractivity contribution in [2.45, 2.75) is 89.8 Å². The first-order chi connectivity index (χ1) is 14.2. The standard InChI is InChI=1S/C26H38O4/c1-4-5-18-19(15-30-23(18)28)20-10-13-26(29)22-7-6-16-14-17(27)8-11-24(16,2)21(22)9-12-25(20,26)3/h4,16-17,20-22,27,29H,1,5-15H2,2-3H3/t16-,17+,20-,21+,22-,24+,25-,26+/m1/s1. The Bertz CT molecular complexity index is 786. The topological polar surface area (TPSA) is 66.8 Å². The maximum Gasteiger partial charge on any atom is 0.334 e. The van der Waals surface area contributed by atoms with Crippen LogP contribution >= 0.6 is 0 Å². The van der Waals surface area contributed by atoms with Crippen molar-refractivity contribution in [2.75, 3.05) is 6.61 Å². The van der Waals surface area contributed by atoms with Crippen LogP contribution in [0.5, 0.6) is 0 Å². The van der Waals surface area contributed by atoms with E-state index in [0.29, 0.717) is 30.8 Å². The third-order valence-electron chi connectivity index (χ3n) is 10.6. The van der Waals surface area contributed by atoms with Gasteiger partial charge in [0.25, 0.3) is 0 Å². The number of carbonyl (C=O) groups excluding carboxylic acids is 1. The molecular weight excluding hydrogens is 376 g/mol. The van der Waals surface area contributed by atoms with E-state index in [-0.39, 0.29) is 28.8 Å². The average Bonchev–Trinajstić information content (AvgIpc) is 3.20. The van der Waals surface area contributed by atoms with E-state index in [2.05, 4.69) is 20.4 Å². The molecule has 5 aliphatic rings. The number of hydrogen-bond donors (Lipinski definition) is 2. The molecule has 5 rings (SSSR count). The summed E-state index contributed by atoms with van der Waals surface area (Å²) >= 11 is 0. The average molecular weight is 415 g/mol. The molecule has 0 saturated heterocycles. The summed E-state index contributed by atoms with van der Waals surface area (Å²) in [6, 6.07) is 0. The van der Waals surface area contributed by atoms with Crippen LogP contribution in [-0.4, -0.2) is 34.5 Å². The third kappa shape index (κ3) is 2.62. The van der Waals surface area contributed by atoms with Crippen LogP contribution in [-0.2, 0) is 9.53 Å². The zero-order valence-corrected chi connectivity index (χ0v) is 18.7. The molecule has 1 heterocycles. The number of fused-ring (bicyclic) bond motifs is 5. The number of rotatable bonds is 3. The van der Waals surface area contributed by atoms with Crippen LogP contribution in [0.3, 0.4) is 0 Å². The largest absolute Gasteiger partial charge is 0.458 e. The number of allylic oxidation sites excluding steroid dienone is 1. The molecule has 0 spiro atoms. The molecule has 0 radical (unpaired) electrons. The summed E-state index contributed by atoms with van der Waals surface area (Å²) < 4.78 is 5.44. The molecule has 4 saturated carbocycles. The molecule has 4 fully saturated rings. The molecule has 4 heteroatoms. The lowest BCUT2D eigenvalue weighted by Gasteiger charge is -2.63. The highest BCUT2D eigenvalue weighted by Gasteiger charge is 2.67. The van der Waals surface area contributed by atoms with E-state index in [1.165, 1.54) is 0 Å². The Labute approximate surface area is 180 Å². The quantitative estimate of drug-likeness (QED) is 0.525. The van der Waals surface area contributed by atoms with Crippen molar-refractivity contribution in [2.24, 2.45) is 34.5 Å². The van der Waals surface area contributed by atoms with Crippen LogP contribution < -0.4 is 0 Å². The monoisotopic (exact) mass is 414 g/mol. The fourth-order valence-corrected chi connectivity index (χ4v) is 8.88. The van der Waals surface area contributed by atoms with Gasteiger partial charge in [0, 0.05) is 11.0 Å². The summed E-state index contributed by atoms with van der Waals surface area (Å²) in [5.74, 6) is 1.51. The zero-order chi connectivity index (χ0) is 21.3. The summed E-state index contributed by atoms with van der Waals surface area (Å²) in [7, 11) is 0. The molecule has 30 heavy (non-hydrogen) atoms. The van der Waals surface area contributed by atoms with Crippen LogP contribution in [0.25, 0.3) is 0 Å². The zero-order valence-electron chi connectivity index (χ0n) is 18.7. The van der Waals surface area contributed by atoms with Gasteiger partial charge in [0.05, 0.1) is 11.7 Å². The van der Waals surface area contributed by atoms with E-state index in [1.54, 1.807) is 6.08 Å². The normalized spacial score (nSPS) is 50.5. The van der Waals surface area contributed by atoms with Crippen LogP contribution in [0, 0.1) is 34.5 Å². The predicted molar refractivity (Wildman–Crippen MR) is 115 cm³/mol. The van der Waals surface area contributed by atoms with Crippen LogP contribution in [0.15, 0.2) is 23.8 Å². The Morgan fingerprint density at radius 2 is 1.90 bits per heavy atom. The van der Waals surface area contributed by atoms with E-state index < -0.39 is 5.60 Å². The molecule has 0 aromatic rings. The van der Waals surface area contributed by atoms with Gasteiger partial charge >= 0.3 is 5.97 Å². The second kappa shape index (κ2) is 6.93. The molecule has 4 aliphatic carbocycles. The highest BCUT2D eigenvalue weighted by atomic mass is 16.5. The molecule has 0 aromatic heterocycles. The Morgan fingerprint density at radius 1 is 1.10 bits per heavy atom. The van der Waals surface area contributed by atoms with Gasteiger partial charge in [-0.1, -0.05) is 19.9 Å². The summed E-state index contributed by atoms with van der Waals surface area (Å²) in [6.45, 7) is 8.97. The van der Waals surface area contributed by atoms with Crippen molar-refractivity contribution in [3.8, 4) is 0 Å². The van der Waals surface area contributed by atoms with Gasteiger partial charge in [0.2, 0.25) is 0 Å². The van der Waals surface area contributed by atoms with Crippen molar-refractivity contribution < 1.29 is 19.7 Å². The third-order valence-corrected chi connectivity index (χ3v) is 10.6. The fraction of sp³-hybridized carbons (Fsp3) is 0.808. The smallest absolute Gasteiger partial charge is 0.334 e. The minimum atomic E-state index is -0.664. The van der Waals surface area contributed by atoms with Gasteiger partial charge in [-0.15, -0.1) is 6.58 Å². The molecule has 0 aromatic carbocycles. The lowest BCUT2D eigenvalue weighted by Crippen LogP contribution is -2.62. The Kier molecular flexibility index (Phi) is 4.80. The number of hydrogen-bond acceptors (Lipinski definition) is 4. The molecule has 2 N–H and O–H groups in total. The van der Waals surface area contributed by atoms with Gasteiger partial charge in [-0.05, 0) is 98.9 Å². The maximum absolute atomic E-state index is 12.3. The number of ether oxygens (including phenoxy) is 1. The number of carbonyl (C=O) groups is 1. The van der Waals surface area contributed by atoms with Gasteiger partial charge in [0.1, 0.15) is 6.61 Å². The second-order valence-corrected chi connectivity index (χ2v) is 11.5. The van der Waals surface area contributed by atoms with Crippen LogP contribution in [0.4, 0.5) is 0 Å². The highest BCUT2D eigenvalue weighted by Crippen LogP contribution is 2.70. The van der Waals surface area contributed by atoms with Crippen molar-refractivity contribution in [3.63, 3.8) is 0 Å². The van der Waals surface area contributed by atoms with Gasteiger partial charge in [-0.25, -0.2) is 4.79 Å². The molecule has 1 aliphatic heterocycles. The lowest BCUT2D eigenvalue weighted by atomic mass is 9.43. The summed E-state index contributed by atoms with van der Waals surface area (Å²) in [4.78, 5) is 12.3. The number of esters is 1. The van der Waals surface area contributed by atoms with Gasteiger partial charge in [-0.3, -0.25) is 0 Å². The predicted octanol–water partition coefficient (Wildman–Crippen LogP) is 4.55. The number of aliphatic hydroxyl groups is 2. The summed E-state index contributed by atoms with van der Waals surface area (Å²) in [5.41, 5.74) is 1.32. The molecule has 0 unspecified atom stereocenters. The van der Waals surface area contributed by atoms with Gasteiger partial charge in [0.15, 0.2) is 0 Å². The van der Waals surface area contributed by atoms with E-state index in [9.17, 15) is 15.0 Å². The summed E-state index contributed by atoms with van der Waals surface area (Å²) in [6.07, 6.45) is 11.3. The van der Waals surface area contributed by atoms with Crippen LogP contribution in [0.2, 0.25) is 0 Å². The molecule has 0 bridgehead atoms. The molecule has 166 valence electrons. The molecule has 4 nitrogen and oxygen atoms in total. The van der Waals surface area contributed by atoms with Crippen molar-refractivity contribution in [1.82, 2.24) is 0 Å². The molecular formula is C26H38O4. The Morgan fingerprint density at radius 3 is 2.67 bits per heavy atom. The van der Waals surface area contributed by atoms with Crippen molar-refractivity contribution in [1.29, 1.82) is 0 Å². The van der Waals surface area contributed by atoms with Gasteiger partial charge < -0.3 is 14.9 Å². The SMILES string of the molecule is C=CCC1=C([C@H]2CC[C@]3(O)[C@@H]4CC[C@@H]5C[C@@H](O)CC[C@]5(C)[C@H]4CC[C@]23C)COC1=O. The first-order valence-corrected chi connectivity index (χ1v) is 12.1. The Hall–Kier alpha value is -1.13. The Balaban J connectivity index is 1.48. The van der Waals surface area contributed by atoms with E-state index >= 15 is 0 Å². The van der Waals surface area contributed by atoms with Crippen molar-refractivity contribution >= 4 is 5.97 Å². The number of cyclic esters (lactones) is 1. The maximum atomic E-state index is 12.3. The van der Waals surface area contributed by atoms with Crippen LogP contribution in [0.1, 0.15) is 78.1 Å². The minimum absolute atomic E-state index is 0.137. The minimum Gasteiger partial charge on any atom is -0.458 e. The molecule has 8 atom stereocenters. The highest BCUT2D eigenvalue weighted by molar-refractivity contribution is 5.92.